The number of carbonyl (C=O) groups is 8. The van der Waals surface area contributed by atoms with E-state index in [0.29, 0.717) is 31.4 Å². The number of hydrogen-bond acceptors (Lipinski definition) is 17. The lowest BCUT2D eigenvalue weighted by Gasteiger charge is -2.40. The van der Waals surface area contributed by atoms with E-state index in [9.17, 15) is 53.7 Å². The van der Waals surface area contributed by atoms with Gasteiger partial charge in [-0.2, -0.15) is 0 Å². The Morgan fingerprint density at radius 1 is 0.500 bits per heavy atom. The molecule has 10 rings (SSSR count). The molecular weight excluding hydrogens is 1520 g/mol. The molecule has 0 unspecified atom stereocenters. The van der Waals surface area contributed by atoms with Crippen LogP contribution in [-0.2, 0) is 66.8 Å². The van der Waals surface area contributed by atoms with Crippen LogP contribution in [-0.4, -0.2) is 201 Å². The first-order valence-electron chi connectivity index (χ1n) is 43.3. The number of ether oxygens (including phenoxy) is 6. The number of likely N-dealkylation sites (N-methyl/N-ethyl adjacent to an activating group) is 2. The zero-order valence-electron chi connectivity index (χ0n) is 74.0. The summed E-state index contributed by atoms with van der Waals surface area (Å²) >= 11 is 0. The fourth-order valence-electron chi connectivity index (χ4n) is 18.4. The van der Waals surface area contributed by atoms with Crippen LogP contribution >= 0.6 is 0 Å². The van der Waals surface area contributed by atoms with Crippen LogP contribution in [0.15, 0.2) is 158 Å². The van der Waals surface area contributed by atoms with E-state index in [4.69, 9.17) is 28.4 Å². The Kier molecular flexibility index (Phi) is 37.2. The molecule has 2 fully saturated rings. The molecule has 2 heterocycles. The van der Waals surface area contributed by atoms with Gasteiger partial charge in [0.2, 0.25) is 23.6 Å². The molecule has 2 aliphatic heterocycles. The summed E-state index contributed by atoms with van der Waals surface area (Å²) < 4.78 is 34.9. The summed E-state index contributed by atoms with van der Waals surface area (Å²) in [5, 5.41) is 37.1. The molecule has 0 bridgehead atoms. The molecule has 6 aromatic carbocycles. The summed E-state index contributed by atoms with van der Waals surface area (Å²) in [6.45, 7) is 24.8. The van der Waals surface area contributed by atoms with Crippen molar-refractivity contribution >= 4 is 47.3 Å². The number of Topliss-reactive ketones (excluding diaryl/α,β-unsaturated/α-hetero) is 1. The maximum Gasteiger partial charge on any atom is 0.318 e. The van der Waals surface area contributed by atoms with Gasteiger partial charge in [0.05, 0.1) is 91.9 Å². The van der Waals surface area contributed by atoms with Crippen LogP contribution in [0.4, 0.5) is 0 Å². The number of fused-ring (bicyclic) bond motifs is 6. The van der Waals surface area contributed by atoms with E-state index in [1.807, 2.05) is 178 Å². The number of amides is 4. The number of hydrogen-bond donors (Lipinski definition) is 5. The summed E-state index contributed by atoms with van der Waals surface area (Å²) in [6, 6.07) is 49.7. The van der Waals surface area contributed by atoms with Gasteiger partial charge in [-0.3, -0.25) is 38.4 Å². The van der Waals surface area contributed by atoms with E-state index in [1.54, 1.807) is 64.0 Å². The summed E-state index contributed by atoms with van der Waals surface area (Å²) in [5.74, 6) is -6.06. The second-order valence-electron chi connectivity index (χ2n) is 34.2. The normalized spacial score (nSPS) is 18.8. The van der Waals surface area contributed by atoms with Crippen LogP contribution in [0.5, 0.6) is 0 Å². The van der Waals surface area contributed by atoms with Crippen molar-refractivity contribution in [3.63, 3.8) is 0 Å². The van der Waals surface area contributed by atoms with E-state index in [-0.39, 0.29) is 127 Å². The Hall–Kier alpha value is -9.00. The third kappa shape index (κ3) is 24.0. The Balaban J connectivity index is 0.000000249. The number of esters is 2. The highest BCUT2D eigenvalue weighted by Gasteiger charge is 2.46. The molecule has 4 amide bonds. The van der Waals surface area contributed by atoms with Crippen LogP contribution < -0.4 is 10.6 Å². The maximum absolute atomic E-state index is 14.5. The summed E-state index contributed by atoms with van der Waals surface area (Å²) in [5.41, 5.74) is 10.6. The maximum atomic E-state index is 14.5. The standard InChI is InChI=1S/C48H65N3O8.C31H41NO6.C19H29NO3/c1-10-30(4)43(50(7)47(55)42(29(2)3)48(56)59-28-38-36-23-16-14-21-34(36)35-22-15-17-24-37(35)38)40(57-8)27-41(52)51-26-18-25-39(51)45(58-9)31(5)46(54)49-32(6)44(53)33-19-12-11-13-20-33;1-7-20(4)30(27(37-6)17-28(33)34)32(5)31(36)25(19(2)3)16-29(35)38-18-26-23-14-10-8-12-21(23)22-13-9-11-15-24(22)26;1-13(18(22)15-8-5-4-6-9-15)12-17(21)14(2)19(23-3)16-10-7-11-20-16/h11-17,19-24,29-32,38-40,42-45,53H,10,18,25-28H2,1-9H3,(H,49,54);8-15,19-20,25-27,30H,7,16-18H2,1-6H3,(H,33,34);4-6,8-9,13-14,16,18-20,22H,7,10-12H2,1-3H3/t30-,31+,32+,39-,40+,42-,43-,44+,45+;20-,25-,27+,30-;13-,14-,16-,18+,19+/m000/s1. The Labute approximate surface area is 712 Å². The zero-order chi connectivity index (χ0) is 87.8. The Morgan fingerprint density at radius 2 is 0.950 bits per heavy atom. The molecular formula is C98H135N5O17. The van der Waals surface area contributed by atoms with Crippen molar-refractivity contribution < 1.29 is 82.1 Å². The highest BCUT2D eigenvalue weighted by molar-refractivity contribution is 5.98. The van der Waals surface area contributed by atoms with Crippen LogP contribution in [0.3, 0.4) is 0 Å². The highest BCUT2D eigenvalue weighted by Crippen LogP contribution is 2.47. The average molecular weight is 1660 g/mol. The minimum absolute atomic E-state index is 0.00572. The van der Waals surface area contributed by atoms with E-state index in [2.05, 4.69) is 59.2 Å². The van der Waals surface area contributed by atoms with Crippen molar-refractivity contribution in [3.8, 4) is 22.3 Å². The van der Waals surface area contributed by atoms with Crippen molar-refractivity contribution in [1.82, 2.24) is 25.3 Å². The SMILES string of the molecule is CC[C@H](C)[C@@H]([C@@H](CC(=O)N1CCC[C@H]1[C@H](OC)[C@@H](C)C(=O)N[C@H](C)[C@@H](O)c1ccccc1)OC)N(C)C(=O)[C@@H](C(=O)OCC1c2ccccc2-c2ccccc21)C(C)C.CC[C@H](C)[C@@H]([C@@H](CC(=O)O)OC)N(C)C(=O)[C@@H](CC(=O)OCC1c2ccccc2-c2ccccc21)C(C)C.CO[C@@H]([C@@H]1CCCN1)[C@@H](C)C(=O)C[C@H](C)[C@@H](O)c1ccccc1. The molecule has 0 aromatic heterocycles. The number of aliphatic hydroxyl groups excluding tert-OH is 2. The first kappa shape index (κ1) is 96.5. The Bertz CT molecular complexity index is 4200. The molecule has 22 heteroatoms. The molecule has 6 aromatic rings. The number of rotatable bonds is 40. The van der Waals surface area contributed by atoms with Crippen LogP contribution in [0.1, 0.15) is 205 Å². The fraction of sp³-hybridized carbons (Fsp3) is 0.551. The van der Waals surface area contributed by atoms with Crippen molar-refractivity contribution in [1.29, 1.82) is 0 Å². The van der Waals surface area contributed by atoms with Gasteiger partial charge < -0.3 is 69.1 Å². The molecule has 22 nitrogen and oxygen atoms in total. The number of nitrogens with zero attached hydrogens (tertiary/aromatic N) is 3. The van der Waals surface area contributed by atoms with Gasteiger partial charge in [0, 0.05) is 79.3 Å². The number of ketones is 1. The third-order valence-corrected chi connectivity index (χ3v) is 25.7. The topological polar surface area (TPSA) is 286 Å². The molecule has 0 saturated carbocycles. The van der Waals surface area contributed by atoms with Crippen LogP contribution in [0.2, 0.25) is 0 Å². The number of benzene rings is 6. The van der Waals surface area contributed by atoms with Crippen LogP contribution in [0.25, 0.3) is 22.3 Å². The van der Waals surface area contributed by atoms with Crippen molar-refractivity contribution in [3.05, 3.63) is 191 Å². The number of aliphatic carboxylic acids is 1. The van der Waals surface area contributed by atoms with Gasteiger partial charge in [0.15, 0.2) is 0 Å². The number of nitrogens with one attached hydrogen (secondary N) is 2. The van der Waals surface area contributed by atoms with Gasteiger partial charge in [0.25, 0.3) is 0 Å². The molecule has 2 aliphatic carbocycles. The predicted octanol–water partition coefficient (Wildman–Crippen LogP) is 14.9. The van der Waals surface area contributed by atoms with E-state index < -0.39 is 84.3 Å². The first-order chi connectivity index (χ1) is 57.4. The summed E-state index contributed by atoms with van der Waals surface area (Å²) in [7, 11) is 9.62. The number of likely N-dealkylation sites (tertiary alicyclic amines) is 1. The lowest BCUT2D eigenvalue weighted by atomic mass is 9.85. The van der Waals surface area contributed by atoms with Gasteiger partial charge in [0.1, 0.15) is 24.9 Å². The minimum atomic E-state index is -1.05. The predicted molar refractivity (Wildman–Crippen MR) is 466 cm³/mol. The number of carboxylic acids is 1. The molecule has 4 aliphatic rings. The fourth-order valence-corrected chi connectivity index (χ4v) is 18.4. The molecule has 18 atom stereocenters. The van der Waals surface area contributed by atoms with E-state index >= 15 is 0 Å². The molecule has 120 heavy (non-hydrogen) atoms. The quantitative estimate of drug-likeness (QED) is 0.0176. The van der Waals surface area contributed by atoms with Crippen LogP contribution in [0, 0.1) is 53.3 Å². The zero-order valence-corrected chi connectivity index (χ0v) is 74.0. The van der Waals surface area contributed by atoms with E-state index in [0.717, 1.165) is 82.3 Å². The van der Waals surface area contributed by atoms with Gasteiger partial charge in [-0.1, -0.05) is 247 Å². The van der Waals surface area contributed by atoms with E-state index in [1.165, 1.54) is 7.11 Å². The highest BCUT2D eigenvalue weighted by atomic mass is 16.5. The Morgan fingerprint density at radius 3 is 1.38 bits per heavy atom. The second-order valence-corrected chi connectivity index (χ2v) is 34.2. The summed E-state index contributed by atoms with van der Waals surface area (Å²) in [6.07, 6.45) is 1.64. The lowest BCUT2D eigenvalue weighted by Crippen LogP contribution is -2.55. The van der Waals surface area contributed by atoms with Gasteiger partial charge >= 0.3 is 17.9 Å². The number of carbonyl (C=O) groups excluding carboxylic acids is 7. The van der Waals surface area contributed by atoms with Gasteiger partial charge in [-0.15, -0.1) is 0 Å². The monoisotopic (exact) mass is 1650 g/mol. The first-order valence-corrected chi connectivity index (χ1v) is 43.3. The van der Waals surface area contributed by atoms with Gasteiger partial charge in [-0.25, -0.2) is 0 Å². The second kappa shape index (κ2) is 46.3. The van der Waals surface area contributed by atoms with Crippen molar-refractivity contribution in [2.75, 3.05) is 68.8 Å². The van der Waals surface area contributed by atoms with Crippen molar-refractivity contribution in [2.45, 2.75) is 226 Å². The number of aliphatic hydroxyl groups is 2. The molecule has 2 saturated heterocycles. The number of carboxylic acid groups (broad SMARTS) is 1. The number of methoxy groups -OCH3 is 4. The average Bonchev–Trinajstić information content (AvgIpc) is 1.62. The molecule has 5 N–H and O–H groups in total. The smallest absolute Gasteiger partial charge is 0.318 e. The molecule has 654 valence electrons. The molecule has 0 spiro atoms. The summed E-state index contributed by atoms with van der Waals surface area (Å²) in [4.78, 5) is 112. The lowest BCUT2D eigenvalue weighted by molar-refractivity contribution is -0.161. The largest absolute Gasteiger partial charge is 0.481 e. The molecule has 0 radical (unpaired) electrons. The van der Waals surface area contributed by atoms with Crippen molar-refractivity contribution in [2.24, 2.45) is 53.3 Å². The third-order valence-electron chi connectivity index (χ3n) is 25.7. The van der Waals surface area contributed by atoms with Gasteiger partial charge in [-0.05, 0) is 124 Å². The minimum Gasteiger partial charge on any atom is -0.481 e.